The summed E-state index contributed by atoms with van der Waals surface area (Å²) in [6.45, 7) is -0.980. The molecule has 0 unspecified atom stereocenters. The molecule has 1 aromatic rings. The number of benzene rings is 1. The van der Waals surface area contributed by atoms with Crippen molar-refractivity contribution in [3.05, 3.63) is 34.4 Å². The van der Waals surface area contributed by atoms with Crippen LogP contribution in [0.15, 0.2) is 12.1 Å². The van der Waals surface area contributed by atoms with E-state index in [0.717, 1.165) is 12.1 Å². The van der Waals surface area contributed by atoms with E-state index in [2.05, 4.69) is 0 Å². The molecule has 4 heteroatoms. The van der Waals surface area contributed by atoms with E-state index in [0.29, 0.717) is 0 Å². The summed E-state index contributed by atoms with van der Waals surface area (Å²) in [5.41, 5.74) is -0.226. The van der Waals surface area contributed by atoms with Crippen molar-refractivity contribution >= 4 is 11.6 Å². The molecular weight excluding hydrogens is 177 g/mol. The predicted molar refractivity (Wildman–Crippen MR) is 36.2 cm³/mol. The van der Waals surface area contributed by atoms with Gasteiger partial charge in [0, 0.05) is 5.56 Å². The van der Waals surface area contributed by atoms with Gasteiger partial charge in [0.2, 0.25) is 0 Å². The normalized spacial score (nSPS) is 10.2. The highest BCUT2D eigenvalue weighted by atomic mass is 35.5. The molecule has 0 aromatic heterocycles. The van der Waals surface area contributed by atoms with E-state index in [-0.39, 0.29) is 5.56 Å². The third kappa shape index (κ3) is 1.48. The summed E-state index contributed by atoms with van der Waals surface area (Å²) in [6.07, 6.45) is 0. The van der Waals surface area contributed by atoms with Crippen LogP contribution in [0, 0.1) is 11.6 Å². The van der Waals surface area contributed by atoms with Gasteiger partial charge in [0.15, 0.2) is 5.82 Å². The lowest BCUT2D eigenvalue weighted by Gasteiger charge is -1.99. The Bertz CT molecular complexity index is 273. The Kier molecular flexibility index (Phi) is 2.39. The lowest BCUT2D eigenvalue weighted by Crippen LogP contribution is -1.90. The first-order valence-corrected chi connectivity index (χ1v) is 3.23. The van der Waals surface area contributed by atoms with Crippen LogP contribution in [-0.2, 0) is 6.67 Å². The van der Waals surface area contributed by atoms with Crippen LogP contribution in [0.3, 0.4) is 0 Å². The molecule has 0 N–H and O–H groups in total. The van der Waals surface area contributed by atoms with Gasteiger partial charge in [-0.25, -0.2) is 13.2 Å². The molecule has 0 nitrogen and oxygen atoms in total. The van der Waals surface area contributed by atoms with Crippen molar-refractivity contribution in [3.8, 4) is 0 Å². The standard InChI is InChI=1S/C7H4ClF3/c8-6-5(10)2-1-4(3-9)7(6)11/h1-2H,3H2. The fourth-order valence-electron chi connectivity index (χ4n) is 0.669. The van der Waals surface area contributed by atoms with Gasteiger partial charge in [0.1, 0.15) is 17.5 Å². The first-order valence-electron chi connectivity index (χ1n) is 2.85. The lowest BCUT2D eigenvalue weighted by molar-refractivity contribution is 0.461. The van der Waals surface area contributed by atoms with Crippen molar-refractivity contribution in [1.29, 1.82) is 0 Å². The van der Waals surface area contributed by atoms with Crippen LogP contribution in [0.4, 0.5) is 13.2 Å². The van der Waals surface area contributed by atoms with Crippen LogP contribution in [0.5, 0.6) is 0 Å². The Labute approximate surface area is 66.6 Å². The summed E-state index contributed by atoms with van der Waals surface area (Å²) >= 11 is 5.14. The third-order valence-electron chi connectivity index (χ3n) is 1.26. The van der Waals surface area contributed by atoms with E-state index in [1.807, 2.05) is 0 Å². The summed E-state index contributed by atoms with van der Waals surface area (Å²) in [7, 11) is 0. The van der Waals surface area contributed by atoms with Gasteiger partial charge in [-0.1, -0.05) is 17.7 Å². The quantitative estimate of drug-likeness (QED) is 0.583. The third-order valence-corrected chi connectivity index (χ3v) is 1.61. The van der Waals surface area contributed by atoms with E-state index in [4.69, 9.17) is 11.6 Å². The average Bonchev–Trinajstić information content (AvgIpc) is 2.01. The number of alkyl halides is 1. The molecule has 0 spiro atoms. The Hall–Kier alpha value is -0.700. The summed E-state index contributed by atoms with van der Waals surface area (Å²) in [4.78, 5) is 0. The molecule has 0 aliphatic heterocycles. The lowest BCUT2D eigenvalue weighted by atomic mass is 10.2. The predicted octanol–water partition coefficient (Wildman–Crippen LogP) is 3.09. The maximum absolute atomic E-state index is 12.7. The van der Waals surface area contributed by atoms with Crippen LogP contribution < -0.4 is 0 Å². The van der Waals surface area contributed by atoms with Crippen molar-refractivity contribution in [2.75, 3.05) is 0 Å². The minimum Gasteiger partial charge on any atom is -0.246 e. The highest BCUT2D eigenvalue weighted by molar-refractivity contribution is 6.30. The zero-order chi connectivity index (χ0) is 8.43. The van der Waals surface area contributed by atoms with Crippen molar-refractivity contribution in [2.45, 2.75) is 6.67 Å². The van der Waals surface area contributed by atoms with E-state index in [1.165, 1.54) is 0 Å². The molecule has 0 bridgehead atoms. The van der Waals surface area contributed by atoms with Crippen molar-refractivity contribution in [3.63, 3.8) is 0 Å². The van der Waals surface area contributed by atoms with Crippen LogP contribution >= 0.6 is 11.6 Å². The molecule has 60 valence electrons. The Morgan fingerprint density at radius 2 is 1.91 bits per heavy atom. The van der Waals surface area contributed by atoms with Crippen molar-refractivity contribution < 1.29 is 13.2 Å². The zero-order valence-electron chi connectivity index (χ0n) is 5.37. The number of hydrogen-bond donors (Lipinski definition) is 0. The maximum Gasteiger partial charge on any atom is 0.150 e. The van der Waals surface area contributed by atoms with E-state index in [1.54, 1.807) is 0 Å². The smallest absolute Gasteiger partial charge is 0.150 e. The maximum atomic E-state index is 12.7. The topological polar surface area (TPSA) is 0 Å². The molecule has 1 aromatic carbocycles. The van der Waals surface area contributed by atoms with Gasteiger partial charge in [-0.3, -0.25) is 0 Å². The van der Waals surface area contributed by atoms with E-state index >= 15 is 0 Å². The molecule has 0 aliphatic carbocycles. The summed E-state index contributed by atoms with van der Waals surface area (Å²) in [6, 6.07) is 1.96. The first-order chi connectivity index (χ1) is 5.16. The minimum absolute atomic E-state index is 0.226. The van der Waals surface area contributed by atoms with Crippen LogP contribution in [0.1, 0.15) is 5.56 Å². The molecule has 0 heterocycles. The van der Waals surface area contributed by atoms with E-state index in [9.17, 15) is 13.2 Å². The second-order valence-electron chi connectivity index (χ2n) is 1.97. The summed E-state index contributed by atoms with van der Waals surface area (Å²) in [5, 5.41) is -0.653. The molecule has 0 aliphatic rings. The molecule has 1 rings (SSSR count). The Balaban J connectivity index is 3.25. The van der Waals surface area contributed by atoms with Gasteiger partial charge in [-0.15, -0.1) is 0 Å². The van der Waals surface area contributed by atoms with E-state index < -0.39 is 23.3 Å². The largest absolute Gasteiger partial charge is 0.246 e. The molecule has 11 heavy (non-hydrogen) atoms. The second kappa shape index (κ2) is 3.13. The minimum atomic E-state index is -1.02. The SMILES string of the molecule is FCc1ccc(F)c(Cl)c1F. The molecule has 0 fully saturated rings. The highest BCUT2D eigenvalue weighted by Crippen LogP contribution is 2.22. The Morgan fingerprint density at radius 1 is 1.27 bits per heavy atom. The zero-order valence-corrected chi connectivity index (χ0v) is 6.13. The highest BCUT2D eigenvalue weighted by Gasteiger charge is 2.10. The van der Waals surface area contributed by atoms with Crippen molar-refractivity contribution in [1.82, 2.24) is 0 Å². The fourth-order valence-corrected chi connectivity index (χ4v) is 0.853. The number of halogens is 4. The van der Waals surface area contributed by atoms with Gasteiger partial charge in [-0.05, 0) is 6.07 Å². The molecule has 0 saturated heterocycles. The first kappa shape index (κ1) is 8.40. The van der Waals surface area contributed by atoms with Gasteiger partial charge in [0.05, 0.1) is 0 Å². The van der Waals surface area contributed by atoms with Gasteiger partial charge in [-0.2, -0.15) is 0 Å². The molecule has 0 radical (unpaired) electrons. The summed E-state index contributed by atoms with van der Waals surface area (Å²) in [5.74, 6) is -1.89. The van der Waals surface area contributed by atoms with Gasteiger partial charge < -0.3 is 0 Å². The van der Waals surface area contributed by atoms with Crippen LogP contribution in [0.25, 0.3) is 0 Å². The van der Waals surface area contributed by atoms with Gasteiger partial charge in [0.25, 0.3) is 0 Å². The van der Waals surface area contributed by atoms with Crippen LogP contribution in [-0.4, -0.2) is 0 Å². The monoisotopic (exact) mass is 180 g/mol. The van der Waals surface area contributed by atoms with Crippen molar-refractivity contribution in [2.24, 2.45) is 0 Å². The number of rotatable bonds is 1. The summed E-state index contributed by atoms with van der Waals surface area (Å²) < 4.78 is 36.9. The fraction of sp³-hybridized carbons (Fsp3) is 0.143. The second-order valence-corrected chi connectivity index (χ2v) is 2.35. The van der Waals surface area contributed by atoms with Crippen LogP contribution in [0.2, 0.25) is 5.02 Å². The molecule has 0 amide bonds. The molecule has 0 saturated carbocycles. The van der Waals surface area contributed by atoms with Gasteiger partial charge >= 0.3 is 0 Å². The average molecular weight is 181 g/mol. The molecular formula is C7H4ClF3. The molecule has 0 atom stereocenters. The Morgan fingerprint density at radius 3 is 2.45 bits per heavy atom. The number of hydrogen-bond acceptors (Lipinski definition) is 0.